The monoisotopic (exact) mass is 327 g/mol. The molecule has 110 valence electrons. The molecule has 0 radical (unpaired) electrons. The largest absolute Gasteiger partial charge is 0.279 e. The third-order valence-corrected chi connectivity index (χ3v) is 4.25. The highest BCUT2D eigenvalue weighted by Crippen LogP contribution is 2.25. The van der Waals surface area contributed by atoms with Crippen molar-refractivity contribution >= 4 is 33.0 Å². The van der Waals surface area contributed by atoms with E-state index in [0.29, 0.717) is 5.56 Å². The van der Waals surface area contributed by atoms with Crippen LogP contribution >= 0.6 is 11.6 Å². The Bertz CT molecular complexity index is 808. The predicted octanol–water partition coefficient (Wildman–Crippen LogP) is 2.75. The van der Waals surface area contributed by atoms with Crippen LogP contribution in [0.4, 0.5) is 11.4 Å². The van der Waals surface area contributed by atoms with Crippen molar-refractivity contribution in [2.75, 3.05) is 4.72 Å². The molecule has 2 aromatic rings. The number of anilines is 1. The maximum absolute atomic E-state index is 12.2. The number of rotatable bonds is 4. The summed E-state index contributed by atoms with van der Waals surface area (Å²) >= 11 is 5.66. The average Bonchev–Trinajstić information content (AvgIpc) is 2.41. The summed E-state index contributed by atoms with van der Waals surface area (Å²) in [5.41, 5.74) is 0.493. The summed E-state index contributed by atoms with van der Waals surface area (Å²) in [6.07, 6.45) is 1.26. The fourth-order valence-electron chi connectivity index (χ4n) is 1.59. The fraction of sp³-hybridized carbons (Fsp3) is 0.0833. The lowest BCUT2D eigenvalue weighted by atomic mass is 10.2. The van der Waals surface area contributed by atoms with E-state index in [-0.39, 0.29) is 21.4 Å². The number of non-ortho nitro benzene ring substituents is 1. The number of nitro benzene ring substituents is 1. The number of halogens is 1. The molecule has 2 rings (SSSR count). The number of sulfonamides is 1. The Hall–Kier alpha value is -2.19. The second-order valence-electron chi connectivity index (χ2n) is 4.18. The van der Waals surface area contributed by atoms with Crippen LogP contribution in [-0.4, -0.2) is 18.3 Å². The number of benzene rings is 1. The van der Waals surface area contributed by atoms with E-state index in [9.17, 15) is 18.5 Å². The molecule has 0 saturated heterocycles. The first kappa shape index (κ1) is 15.2. The highest BCUT2D eigenvalue weighted by molar-refractivity contribution is 7.92. The molecule has 1 heterocycles. The van der Waals surface area contributed by atoms with Crippen molar-refractivity contribution in [1.29, 1.82) is 0 Å². The molecule has 0 aliphatic heterocycles. The summed E-state index contributed by atoms with van der Waals surface area (Å²) in [7, 11) is -3.90. The van der Waals surface area contributed by atoms with E-state index in [4.69, 9.17) is 11.6 Å². The Morgan fingerprint density at radius 3 is 2.62 bits per heavy atom. The summed E-state index contributed by atoms with van der Waals surface area (Å²) in [6.45, 7) is 1.64. The Kier molecular flexibility index (Phi) is 4.10. The lowest BCUT2D eigenvalue weighted by Gasteiger charge is -2.10. The zero-order valence-electron chi connectivity index (χ0n) is 10.8. The van der Waals surface area contributed by atoms with Crippen LogP contribution in [0, 0.1) is 17.0 Å². The second-order valence-corrected chi connectivity index (χ2v) is 6.25. The molecule has 1 aromatic heterocycles. The first-order valence-corrected chi connectivity index (χ1v) is 7.55. The summed E-state index contributed by atoms with van der Waals surface area (Å²) in [4.78, 5) is 13.8. The first-order chi connectivity index (χ1) is 9.79. The molecule has 0 saturated carbocycles. The molecule has 0 spiro atoms. The molecule has 0 bridgehead atoms. The Labute approximate surface area is 125 Å². The predicted molar refractivity (Wildman–Crippen MR) is 77.9 cm³/mol. The van der Waals surface area contributed by atoms with Gasteiger partial charge in [-0.15, -0.1) is 0 Å². The topological polar surface area (TPSA) is 102 Å². The van der Waals surface area contributed by atoms with E-state index < -0.39 is 14.9 Å². The average molecular weight is 328 g/mol. The molecule has 1 N–H and O–H groups in total. The summed E-state index contributed by atoms with van der Waals surface area (Å²) in [5, 5.41) is 10.8. The van der Waals surface area contributed by atoms with Gasteiger partial charge in [-0.05, 0) is 24.6 Å². The molecule has 1 aromatic carbocycles. The van der Waals surface area contributed by atoms with Gasteiger partial charge in [-0.1, -0.05) is 17.7 Å². The minimum Gasteiger partial charge on any atom is -0.279 e. The van der Waals surface area contributed by atoms with Crippen molar-refractivity contribution in [3.63, 3.8) is 0 Å². The van der Waals surface area contributed by atoms with Gasteiger partial charge in [-0.3, -0.25) is 14.8 Å². The number of pyridine rings is 1. The highest BCUT2D eigenvalue weighted by Gasteiger charge is 2.18. The normalized spacial score (nSPS) is 11.1. The van der Waals surface area contributed by atoms with E-state index in [1.807, 2.05) is 0 Å². The van der Waals surface area contributed by atoms with Crippen LogP contribution in [0.2, 0.25) is 5.15 Å². The molecule has 0 fully saturated rings. The lowest BCUT2D eigenvalue weighted by molar-refractivity contribution is -0.384. The maximum Gasteiger partial charge on any atom is 0.271 e. The third-order valence-electron chi connectivity index (χ3n) is 2.68. The number of nitrogens with one attached hydrogen (secondary N) is 1. The van der Waals surface area contributed by atoms with Gasteiger partial charge in [0.15, 0.2) is 0 Å². The third kappa shape index (κ3) is 3.47. The SMILES string of the molecule is Cc1ccc([N+](=O)[O-])cc1NS(=O)(=O)c1ccnc(Cl)c1. The molecule has 9 heteroatoms. The Morgan fingerprint density at radius 1 is 1.29 bits per heavy atom. The molecule has 0 aliphatic rings. The zero-order chi connectivity index (χ0) is 15.6. The van der Waals surface area contributed by atoms with Crippen molar-refractivity contribution in [1.82, 2.24) is 4.98 Å². The number of aromatic nitrogens is 1. The van der Waals surface area contributed by atoms with Crippen LogP contribution in [0.1, 0.15) is 5.56 Å². The van der Waals surface area contributed by atoms with E-state index >= 15 is 0 Å². The van der Waals surface area contributed by atoms with Crippen molar-refractivity contribution in [2.24, 2.45) is 0 Å². The van der Waals surface area contributed by atoms with Gasteiger partial charge in [0, 0.05) is 18.3 Å². The van der Waals surface area contributed by atoms with Crippen molar-refractivity contribution in [3.05, 3.63) is 57.4 Å². The number of aryl methyl sites for hydroxylation is 1. The number of hydrogen-bond donors (Lipinski definition) is 1. The zero-order valence-corrected chi connectivity index (χ0v) is 12.4. The highest BCUT2D eigenvalue weighted by atomic mass is 35.5. The van der Waals surface area contributed by atoms with Crippen LogP contribution < -0.4 is 4.72 Å². The number of nitrogens with zero attached hydrogens (tertiary/aromatic N) is 2. The standard InChI is InChI=1S/C12H10ClN3O4S/c1-8-2-3-9(16(17)18)6-11(8)15-21(19,20)10-4-5-14-12(13)7-10/h2-7,15H,1H3. The molecule has 7 nitrogen and oxygen atoms in total. The number of hydrogen-bond acceptors (Lipinski definition) is 5. The minimum absolute atomic E-state index is 0.0358. The lowest BCUT2D eigenvalue weighted by Crippen LogP contribution is -2.14. The quantitative estimate of drug-likeness (QED) is 0.528. The van der Waals surface area contributed by atoms with Crippen LogP contribution in [-0.2, 0) is 10.0 Å². The minimum atomic E-state index is -3.90. The molecular weight excluding hydrogens is 318 g/mol. The van der Waals surface area contributed by atoms with Crippen molar-refractivity contribution in [3.8, 4) is 0 Å². The van der Waals surface area contributed by atoms with Gasteiger partial charge in [0.2, 0.25) is 0 Å². The molecular formula is C12H10ClN3O4S. The van der Waals surface area contributed by atoms with Crippen LogP contribution in [0.5, 0.6) is 0 Å². The second kappa shape index (κ2) is 5.66. The van der Waals surface area contributed by atoms with Crippen LogP contribution in [0.25, 0.3) is 0 Å². The van der Waals surface area contributed by atoms with Gasteiger partial charge in [-0.25, -0.2) is 13.4 Å². The van der Waals surface area contributed by atoms with Gasteiger partial charge in [0.1, 0.15) is 5.15 Å². The summed E-state index contributed by atoms with van der Waals surface area (Å²) in [6, 6.07) is 6.40. The smallest absolute Gasteiger partial charge is 0.271 e. The Morgan fingerprint density at radius 2 is 2.00 bits per heavy atom. The maximum atomic E-state index is 12.2. The molecule has 21 heavy (non-hydrogen) atoms. The molecule has 0 amide bonds. The van der Waals surface area contributed by atoms with E-state index in [1.165, 1.54) is 30.5 Å². The Balaban J connectivity index is 2.41. The molecule has 0 aliphatic carbocycles. The summed E-state index contributed by atoms with van der Waals surface area (Å²) in [5.74, 6) is 0. The molecule has 0 atom stereocenters. The first-order valence-electron chi connectivity index (χ1n) is 5.69. The van der Waals surface area contributed by atoms with Gasteiger partial charge in [0.25, 0.3) is 15.7 Å². The molecule has 0 unspecified atom stereocenters. The van der Waals surface area contributed by atoms with Gasteiger partial charge in [0.05, 0.1) is 15.5 Å². The van der Waals surface area contributed by atoms with Gasteiger partial charge >= 0.3 is 0 Å². The van der Waals surface area contributed by atoms with Crippen molar-refractivity contribution < 1.29 is 13.3 Å². The van der Waals surface area contributed by atoms with Crippen LogP contribution in [0.3, 0.4) is 0 Å². The van der Waals surface area contributed by atoms with E-state index in [1.54, 1.807) is 6.92 Å². The van der Waals surface area contributed by atoms with Gasteiger partial charge in [-0.2, -0.15) is 0 Å². The van der Waals surface area contributed by atoms with E-state index in [0.717, 1.165) is 6.07 Å². The van der Waals surface area contributed by atoms with Crippen molar-refractivity contribution in [2.45, 2.75) is 11.8 Å². The number of nitro groups is 1. The van der Waals surface area contributed by atoms with Gasteiger partial charge < -0.3 is 0 Å². The van der Waals surface area contributed by atoms with Crippen LogP contribution in [0.15, 0.2) is 41.4 Å². The fourth-order valence-corrected chi connectivity index (χ4v) is 2.96. The summed E-state index contributed by atoms with van der Waals surface area (Å²) < 4.78 is 26.7. The van der Waals surface area contributed by atoms with E-state index in [2.05, 4.69) is 9.71 Å².